The van der Waals surface area contributed by atoms with Gasteiger partial charge in [-0.05, 0) is 37.5 Å². The van der Waals surface area contributed by atoms with Crippen molar-refractivity contribution in [2.24, 2.45) is 0 Å². The van der Waals surface area contributed by atoms with Crippen LogP contribution in [0.5, 0.6) is 0 Å². The summed E-state index contributed by atoms with van der Waals surface area (Å²) in [6, 6.07) is 4.95. The average molecular weight is 263 g/mol. The molecular formula is C16H29N3. The van der Waals surface area contributed by atoms with E-state index < -0.39 is 0 Å². The van der Waals surface area contributed by atoms with Gasteiger partial charge in [0.05, 0.1) is 0 Å². The van der Waals surface area contributed by atoms with Crippen LogP contribution in [0.2, 0.25) is 0 Å². The third-order valence-electron chi connectivity index (χ3n) is 3.28. The minimum absolute atomic E-state index is 0.466. The zero-order valence-electron chi connectivity index (χ0n) is 13.3. The number of rotatable bonds is 7. The molecule has 108 valence electrons. The molecule has 0 saturated heterocycles. The minimum atomic E-state index is 0.466. The zero-order chi connectivity index (χ0) is 14.4. The summed E-state index contributed by atoms with van der Waals surface area (Å²) in [4.78, 5) is 7.11. The second-order valence-corrected chi connectivity index (χ2v) is 5.62. The number of aromatic nitrogens is 1. The summed E-state index contributed by atoms with van der Waals surface area (Å²) in [5.74, 6) is 1.57. The van der Waals surface area contributed by atoms with E-state index in [0.29, 0.717) is 12.0 Å². The van der Waals surface area contributed by atoms with Crippen molar-refractivity contribution < 1.29 is 0 Å². The highest BCUT2D eigenvalue weighted by Gasteiger charge is 2.10. The number of hydrogen-bond donors (Lipinski definition) is 1. The van der Waals surface area contributed by atoms with Crippen LogP contribution in [0.4, 0.5) is 5.82 Å². The van der Waals surface area contributed by atoms with E-state index in [1.54, 1.807) is 0 Å². The van der Waals surface area contributed by atoms with Crippen LogP contribution in [0.15, 0.2) is 12.1 Å². The summed E-state index contributed by atoms with van der Waals surface area (Å²) in [7, 11) is 0. The Hall–Kier alpha value is -1.09. The van der Waals surface area contributed by atoms with Gasteiger partial charge in [0.15, 0.2) is 0 Å². The molecule has 0 saturated carbocycles. The van der Waals surface area contributed by atoms with E-state index >= 15 is 0 Å². The quantitative estimate of drug-likeness (QED) is 0.815. The maximum atomic E-state index is 4.80. The highest BCUT2D eigenvalue weighted by atomic mass is 15.2. The summed E-state index contributed by atoms with van der Waals surface area (Å²) >= 11 is 0. The fourth-order valence-electron chi connectivity index (χ4n) is 2.02. The second kappa shape index (κ2) is 7.49. The number of hydrogen-bond acceptors (Lipinski definition) is 3. The number of pyridine rings is 1. The summed E-state index contributed by atoms with van der Waals surface area (Å²) in [5, 5.41) is 3.48. The summed E-state index contributed by atoms with van der Waals surface area (Å²) in [6.45, 7) is 16.0. The third-order valence-corrected chi connectivity index (χ3v) is 3.28. The standard InChI is InChI=1S/C16H29N3/c1-7-19(8-2)16-10-14(11-17-13(5)6)9-15(18-16)12(3)4/h9-10,12-13,17H,7-8,11H2,1-6H3. The maximum Gasteiger partial charge on any atom is 0.129 e. The lowest BCUT2D eigenvalue weighted by atomic mass is 10.1. The molecule has 0 aliphatic rings. The van der Waals surface area contributed by atoms with Crippen molar-refractivity contribution in [2.45, 2.75) is 60.0 Å². The molecule has 1 heterocycles. The van der Waals surface area contributed by atoms with Crippen LogP contribution in [0.1, 0.15) is 58.7 Å². The smallest absolute Gasteiger partial charge is 0.129 e. The van der Waals surface area contributed by atoms with E-state index in [2.05, 4.69) is 63.9 Å². The zero-order valence-corrected chi connectivity index (χ0v) is 13.3. The van der Waals surface area contributed by atoms with Crippen LogP contribution >= 0.6 is 0 Å². The molecule has 1 rings (SSSR count). The van der Waals surface area contributed by atoms with Gasteiger partial charge in [0, 0.05) is 31.4 Å². The van der Waals surface area contributed by atoms with E-state index in [0.717, 1.165) is 25.5 Å². The number of nitrogens with zero attached hydrogens (tertiary/aromatic N) is 2. The molecule has 0 unspecified atom stereocenters. The first-order chi connectivity index (χ1) is 8.97. The first kappa shape index (κ1) is 16.0. The van der Waals surface area contributed by atoms with E-state index in [1.807, 2.05) is 0 Å². The van der Waals surface area contributed by atoms with Gasteiger partial charge in [0.1, 0.15) is 5.82 Å². The molecule has 0 bridgehead atoms. The van der Waals surface area contributed by atoms with Crippen molar-refractivity contribution in [3.8, 4) is 0 Å². The predicted molar refractivity (Wildman–Crippen MR) is 83.9 cm³/mol. The third kappa shape index (κ3) is 4.83. The van der Waals surface area contributed by atoms with Crippen molar-refractivity contribution >= 4 is 5.82 Å². The molecule has 0 aromatic carbocycles. The highest BCUT2D eigenvalue weighted by Crippen LogP contribution is 2.20. The molecule has 0 spiro atoms. The van der Waals surface area contributed by atoms with Crippen molar-refractivity contribution in [3.63, 3.8) is 0 Å². The predicted octanol–water partition coefficient (Wildman–Crippen LogP) is 3.55. The van der Waals surface area contributed by atoms with Gasteiger partial charge < -0.3 is 10.2 Å². The molecule has 0 aliphatic carbocycles. The molecular weight excluding hydrogens is 234 g/mol. The van der Waals surface area contributed by atoms with Gasteiger partial charge in [0.25, 0.3) is 0 Å². The number of nitrogens with one attached hydrogen (secondary N) is 1. The molecule has 0 aliphatic heterocycles. The largest absolute Gasteiger partial charge is 0.357 e. The lowest BCUT2D eigenvalue weighted by Gasteiger charge is -2.22. The highest BCUT2D eigenvalue weighted by molar-refractivity contribution is 5.43. The van der Waals surface area contributed by atoms with Crippen LogP contribution < -0.4 is 10.2 Å². The van der Waals surface area contributed by atoms with E-state index in [9.17, 15) is 0 Å². The van der Waals surface area contributed by atoms with Gasteiger partial charge in [-0.15, -0.1) is 0 Å². The van der Waals surface area contributed by atoms with Crippen LogP contribution in [-0.2, 0) is 6.54 Å². The maximum absolute atomic E-state index is 4.80. The van der Waals surface area contributed by atoms with Gasteiger partial charge >= 0.3 is 0 Å². The second-order valence-electron chi connectivity index (χ2n) is 5.62. The number of anilines is 1. The monoisotopic (exact) mass is 263 g/mol. The topological polar surface area (TPSA) is 28.2 Å². The summed E-state index contributed by atoms with van der Waals surface area (Å²) < 4.78 is 0. The SMILES string of the molecule is CCN(CC)c1cc(CNC(C)C)cc(C(C)C)n1. The van der Waals surface area contributed by atoms with Gasteiger partial charge in [0.2, 0.25) is 0 Å². The molecule has 0 fully saturated rings. The fraction of sp³-hybridized carbons (Fsp3) is 0.688. The molecule has 0 amide bonds. The molecule has 0 atom stereocenters. The van der Waals surface area contributed by atoms with Crippen LogP contribution in [-0.4, -0.2) is 24.1 Å². The van der Waals surface area contributed by atoms with Crippen molar-refractivity contribution in [1.82, 2.24) is 10.3 Å². The van der Waals surface area contributed by atoms with Gasteiger partial charge in [-0.3, -0.25) is 0 Å². The Balaban J connectivity index is 3.03. The van der Waals surface area contributed by atoms with Crippen LogP contribution in [0.25, 0.3) is 0 Å². The van der Waals surface area contributed by atoms with E-state index in [1.165, 1.54) is 11.3 Å². The molecule has 1 aromatic rings. The average Bonchev–Trinajstić information content (AvgIpc) is 2.37. The van der Waals surface area contributed by atoms with Gasteiger partial charge in [-0.1, -0.05) is 27.7 Å². The van der Waals surface area contributed by atoms with Crippen LogP contribution in [0.3, 0.4) is 0 Å². The Morgan fingerprint density at radius 3 is 2.21 bits per heavy atom. The summed E-state index contributed by atoms with van der Waals surface area (Å²) in [6.07, 6.45) is 0. The Morgan fingerprint density at radius 1 is 1.11 bits per heavy atom. The van der Waals surface area contributed by atoms with E-state index in [4.69, 9.17) is 4.98 Å². The Kier molecular flexibility index (Phi) is 6.29. The lowest BCUT2D eigenvalue weighted by molar-refractivity contribution is 0.587. The van der Waals surface area contributed by atoms with E-state index in [-0.39, 0.29) is 0 Å². The molecule has 0 radical (unpaired) electrons. The first-order valence-electron chi connectivity index (χ1n) is 7.47. The normalized spacial score (nSPS) is 11.4. The first-order valence-corrected chi connectivity index (χ1v) is 7.47. The molecule has 3 heteroatoms. The van der Waals surface area contributed by atoms with Crippen molar-refractivity contribution in [2.75, 3.05) is 18.0 Å². The Bertz CT molecular complexity index is 382. The molecule has 3 nitrogen and oxygen atoms in total. The molecule has 19 heavy (non-hydrogen) atoms. The van der Waals surface area contributed by atoms with Gasteiger partial charge in [-0.25, -0.2) is 4.98 Å². The van der Waals surface area contributed by atoms with Crippen molar-refractivity contribution in [3.05, 3.63) is 23.4 Å². The minimum Gasteiger partial charge on any atom is -0.357 e. The fourth-order valence-corrected chi connectivity index (χ4v) is 2.02. The lowest BCUT2D eigenvalue weighted by Crippen LogP contribution is -2.25. The molecule has 1 aromatic heterocycles. The molecule has 1 N–H and O–H groups in total. The summed E-state index contributed by atoms with van der Waals surface area (Å²) in [5.41, 5.74) is 2.51. The van der Waals surface area contributed by atoms with Crippen molar-refractivity contribution in [1.29, 1.82) is 0 Å². The van der Waals surface area contributed by atoms with Gasteiger partial charge in [-0.2, -0.15) is 0 Å². The van der Waals surface area contributed by atoms with Crippen LogP contribution in [0, 0.1) is 0 Å². The Morgan fingerprint density at radius 2 is 1.74 bits per heavy atom. The Labute approximate surface area is 118 Å².